The molecule has 0 atom stereocenters. The van der Waals surface area contributed by atoms with E-state index in [9.17, 15) is 4.57 Å². The van der Waals surface area contributed by atoms with Crippen molar-refractivity contribution in [1.29, 1.82) is 0 Å². The van der Waals surface area contributed by atoms with E-state index in [1.54, 1.807) is 13.3 Å². The van der Waals surface area contributed by atoms with Gasteiger partial charge in [0.1, 0.15) is 12.2 Å². The standard InChI is InChI=1S/C19H18ClN6OPS/c1-28(2,27)16-6-4-3-5-14(16)23-17-12(20)10-21-18(26-17)22-11-7-8-13-15(9-11)25-19(29)24-13/h3-10H,1-2H3,(H2,24,25,29)(H2,21,22,23,26). The van der Waals surface area contributed by atoms with Crippen LogP contribution in [0.1, 0.15) is 0 Å². The first kappa shape index (κ1) is 19.8. The van der Waals surface area contributed by atoms with Gasteiger partial charge in [-0.1, -0.05) is 23.7 Å². The number of aromatic amines is 1. The molecular formula is C19H18ClN6OPS. The first-order valence-electron chi connectivity index (χ1n) is 8.69. The molecule has 0 saturated heterocycles. The van der Waals surface area contributed by atoms with Crippen molar-refractivity contribution in [2.24, 2.45) is 0 Å². The largest absolute Gasteiger partial charge is 0.338 e. The van der Waals surface area contributed by atoms with E-state index in [1.165, 1.54) is 6.20 Å². The number of para-hydroxylation sites is 1. The van der Waals surface area contributed by atoms with Crippen molar-refractivity contribution in [3.05, 3.63) is 53.7 Å². The molecule has 0 aliphatic heterocycles. The first-order valence-corrected chi connectivity index (χ1v) is 12.1. The summed E-state index contributed by atoms with van der Waals surface area (Å²) in [6, 6.07) is 13.1. The Kier molecular flexibility index (Phi) is 5.25. The van der Waals surface area contributed by atoms with E-state index in [1.807, 2.05) is 42.5 Å². The molecule has 4 rings (SSSR count). The maximum absolute atomic E-state index is 12.6. The Balaban J connectivity index is 1.63. The van der Waals surface area contributed by atoms with E-state index < -0.39 is 7.14 Å². The van der Waals surface area contributed by atoms with Gasteiger partial charge in [-0.25, -0.2) is 9.97 Å². The molecule has 0 unspecified atom stereocenters. The smallest absolute Gasteiger partial charge is 0.229 e. The maximum Gasteiger partial charge on any atom is 0.229 e. The topological polar surface area (TPSA) is 95.6 Å². The number of imidazole rings is 1. The summed E-state index contributed by atoms with van der Waals surface area (Å²) in [5, 5.41) is 7.97. The van der Waals surface area contributed by atoms with Crippen LogP contribution in [0.15, 0.2) is 53.8 Å². The molecule has 4 aromatic rings. The first-order chi connectivity index (χ1) is 13.8. The van der Waals surface area contributed by atoms with Gasteiger partial charge < -0.3 is 20.2 Å². The Hall–Kier alpha value is -2.54. The van der Waals surface area contributed by atoms with Crippen molar-refractivity contribution in [2.45, 2.75) is 5.16 Å². The van der Waals surface area contributed by atoms with Gasteiger partial charge in [0.2, 0.25) is 5.95 Å². The number of nitrogens with zero attached hydrogens (tertiary/aromatic N) is 3. The summed E-state index contributed by atoms with van der Waals surface area (Å²) in [5.41, 5.74) is 3.15. The Morgan fingerprint density at radius 1 is 1.10 bits per heavy atom. The molecule has 2 aromatic heterocycles. The number of halogens is 1. The van der Waals surface area contributed by atoms with Gasteiger partial charge in [0.05, 0.1) is 22.9 Å². The third-order valence-electron chi connectivity index (χ3n) is 4.21. The number of H-pyrrole nitrogens is 1. The molecule has 0 bridgehead atoms. The third-order valence-corrected chi connectivity index (χ3v) is 6.25. The van der Waals surface area contributed by atoms with Crippen LogP contribution >= 0.6 is 31.4 Å². The molecule has 3 N–H and O–H groups in total. The summed E-state index contributed by atoms with van der Waals surface area (Å²) in [6.07, 6.45) is 1.51. The molecule has 0 aliphatic rings. The lowest BCUT2D eigenvalue weighted by atomic mass is 10.3. The molecule has 29 heavy (non-hydrogen) atoms. The van der Waals surface area contributed by atoms with Crippen LogP contribution in [0.4, 0.5) is 23.1 Å². The quantitative estimate of drug-likeness (QED) is 0.255. The van der Waals surface area contributed by atoms with E-state index in [4.69, 9.17) is 11.6 Å². The Bertz CT molecular complexity index is 1250. The number of nitrogens with one attached hydrogen (secondary N) is 3. The minimum absolute atomic E-state index is 0.356. The number of rotatable bonds is 5. The van der Waals surface area contributed by atoms with Crippen LogP contribution in [0.3, 0.4) is 0 Å². The Morgan fingerprint density at radius 2 is 1.90 bits per heavy atom. The van der Waals surface area contributed by atoms with E-state index in [0.29, 0.717) is 27.6 Å². The molecule has 0 amide bonds. The fraction of sp³-hybridized carbons (Fsp3) is 0.105. The average molecular weight is 445 g/mol. The summed E-state index contributed by atoms with van der Waals surface area (Å²) in [5.74, 6) is 0.787. The lowest BCUT2D eigenvalue weighted by molar-refractivity contribution is 0.588. The molecular weight excluding hydrogens is 427 g/mol. The number of hydrogen-bond acceptors (Lipinski definition) is 7. The summed E-state index contributed by atoms with van der Waals surface area (Å²) in [7, 11) is -2.48. The molecule has 0 saturated carbocycles. The predicted molar refractivity (Wildman–Crippen MR) is 122 cm³/mol. The van der Waals surface area contributed by atoms with Gasteiger partial charge in [-0.05, 0) is 43.7 Å². The van der Waals surface area contributed by atoms with E-state index in [-0.39, 0.29) is 0 Å². The average Bonchev–Trinajstić information content (AvgIpc) is 3.03. The predicted octanol–water partition coefficient (Wildman–Crippen LogP) is 5.03. The van der Waals surface area contributed by atoms with Crippen LogP contribution in [0.25, 0.3) is 11.0 Å². The van der Waals surface area contributed by atoms with Gasteiger partial charge in [0, 0.05) is 11.0 Å². The Labute approximate surface area is 178 Å². The lowest BCUT2D eigenvalue weighted by Gasteiger charge is -2.15. The van der Waals surface area contributed by atoms with Gasteiger partial charge >= 0.3 is 0 Å². The molecule has 2 aromatic carbocycles. The third kappa shape index (κ3) is 4.40. The highest BCUT2D eigenvalue weighted by molar-refractivity contribution is 7.80. The van der Waals surface area contributed by atoms with Crippen LogP contribution in [0.2, 0.25) is 5.02 Å². The van der Waals surface area contributed by atoms with Crippen LogP contribution < -0.4 is 15.9 Å². The van der Waals surface area contributed by atoms with E-state index in [2.05, 4.69) is 43.2 Å². The van der Waals surface area contributed by atoms with E-state index in [0.717, 1.165) is 22.0 Å². The fourth-order valence-electron chi connectivity index (χ4n) is 2.89. The number of fused-ring (bicyclic) bond motifs is 1. The molecule has 2 heterocycles. The lowest BCUT2D eigenvalue weighted by Crippen LogP contribution is -2.10. The highest BCUT2D eigenvalue weighted by Crippen LogP contribution is 2.38. The highest BCUT2D eigenvalue weighted by atomic mass is 35.5. The van der Waals surface area contributed by atoms with Crippen LogP contribution in [-0.4, -0.2) is 33.3 Å². The fourth-order valence-corrected chi connectivity index (χ4v) is 4.41. The second-order valence-electron chi connectivity index (χ2n) is 6.80. The number of aromatic nitrogens is 4. The van der Waals surface area contributed by atoms with Crippen molar-refractivity contribution in [2.75, 3.05) is 24.0 Å². The minimum Gasteiger partial charge on any atom is -0.338 e. The van der Waals surface area contributed by atoms with Gasteiger partial charge in [-0.15, -0.1) is 12.6 Å². The SMILES string of the molecule is CP(C)(=O)c1ccccc1Nc1nc(Nc2ccc3[nH]c(S)nc3c2)ncc1Cl. The summed E-state index contributed by atoms with van der Waals surface area (Å²) in [4.78, 5) is 16.1. The van der Waals surface area contributed by atoms with Gasteiger partial charge in [-0.3, -0.25) is 0 Å². The second-order valence-corrected chi connectivity index (χ2v) is 10.8. The van der Waals surface area contributed by atoms with E-state index >= 15 is 0 Å². The maximum atomic E-state index is 12.6. The van der Waals surface area contributed by atoms with Gasteiger partial charge in [0.15, 0.2) is 11.0 Å². The summed E-state index contributed by atoms with van der Waals surface area (Å²) >= 11 is 10.5. The van der Waals surface area contributed by atoms with Crippen molar-refractivity contribution < 1.29 is 4.57 Å². The molecule has 0 spiro atoms. The van der Waals surface area contributed by atoms with Crippen molar-refractivity contribution in [3.8, 4) is 0 Å². The zero-order valence-corrected chi connectivity index (χ0v) is 18.2. The normalized spacial score (nSPS) is 11.6. The second kappa shape index (κ2) is 7.71. The zero-order valence-electron chi connectivity index (χ0n) is 15.6. The molecule has 0 fully saturated rings. The van der Waals surface area contributed by atoms with Crippen LogP contribution in [-0.2, 0) is 4.57 Å². The number of hydrogen-bond donors (Lipinski definition) is 4. The van der Waals surface area contributed by atoms with Crippen LogP contribution in [0.5, 0.6) is 0 Å². The number of anilines is 4. The highest BCUT2D eigenvalue weighted by Gasteiger charge is 2.17. The van der Waals surface area contributed by atoms with Gasteiger partial charge in [0.25, 0.3) is 0 Å². The van der Waals surface area contributed by atoms with Crippen molar-refractivity contribution in [3.63, 3.8) is 0 Å². The summed E-state index contributed by atoms with van der Waals surface area (Å²) in [6.45, 7) is 3.45. The molecule has 0 radical (unpaired) electrons. The number of thiol groups is 1. The minimum atomic E-state index is -2.48. The number of benzene rings is 2. The summed E-state index contributed by atoms with van der Waals surface area (Å²) < 4.78 is 12.6. The zero-order chi connectivity index (χ0) is 20.6. The molecule has 7 nitrogen and oxygen atoms in total. The van der Waals surface area contributed by atoms with Crippen molar-refractivity contribution in [1.82, 2.24) is 19.9 Å². The monoisotopic (exact) mass is 444 g/mol. The molecule has 148 valence electrons. The van der Waals surface area contributed by atoms with Crippen molar-refractivity contribution >= 4 is 70.9 Å². The molecule has 0 aliphatic carbocycles. The van der Waals surface area contributed by atoms with Crippen LogP contribution in [0, 0.1) is 0 Å². The van der Waals surface area contributed by atoms with Gasteiger partial charge in [-0.2, -0.15) is 4.98 Å². The molecule has 10 heteroatoms. The Morgan fingerprint density at radius 3 is 2.69 bits per heavy atom.